The van der Waals surface area contributed by atoms with E-state index in [-0.39, 0.29) is 5.56 Å². The molecule has 0 radical (unpaired) electrons. The molecule has 0 unspecified atom stereocenters. The number of rotatable bonds is 2. The van der Waals surface area contributed by atoms with E-state index in [2.05, 4.69) is 15.3 Å². The van der Waals surface area contributed by atoms with E-state index in [0.717, 1.165) is 5.56 Å². The molecule has 3 rings (SSSR count). The second-order valence-corrected chi connectivity index (χ2v) is 3.92. The average Bonchev–Trinajstić information content (AvgIpc) is 2.43. The van der Waals surface area contributed by atoms with Crippen molar-refractivity contribution in [2.24, 2.45) is 0 Å². The Morgan fingerprint density at radius 2 is 1.83 bits per heavy atom. The normalized spacial score (nSPS) is 10.7. The Kier molecular flexibility index (Phi) is 2.57. The van der Waals surface area contributed by atoms with Crippen molar-refractivity contribution in [2.45, 2.75) is 6.54 Å². The van der Waals surface area contributed by atoms with Crippen LogP contribution in [0.4, 0.5) is 0 Å². The summed E-state index contributed by atoms with van der Waals surface area (Å²) < 4.78 is 1.36. The fraction of sp³-hybridized carbons (Fsp3) is 0.0769. The summed E-state index contributed by atoms with van der Waals surface area (Å²) in [6.45, 7) is 0.402. The molecule has 0 saturated carbocycles. The van der Waals surface area contributed by atoms with Crippen LogP contribution in [0, 0.1) is 0 Å². The van der Waals surface area contributed by atoms with Gasteiger partial charge in [0.15, 0.2) is 0 Å². The molecule has 88 valence electrons. The smallest absolute Gasteiger partial charge is 0.267 e. The van der Waals surface area contributed by atoms with Crippen molar-refractivity contribution in [1.29, 1.82) is 0 Å². The number of hydrogen-bond acceptors (Lipinski definition) is 4. The third kappa shape index (κ3) is 1.86. The van der Waals surface area contributed by atoms with Gasteiger partial charge in [-0.2, -0.15) is 0 Å². The third-order valence-corrected chi connectivity index (χ3v) is 2.71. The molecule has 5 nitrogen and oxygen atoms in total. The van der Waals surface area contributed by atoms with Gasteiger partial charge in [-0.3, -0.25) is 9.78 Å². The van der Waals surface area contributed by atoms with Crippen LogP contribution < -0.4 is 5.56 Å². The molecule has 0 atom stereocenters. The topological polar surface area (TPSA) is 60.7 Å². The lowest BCUT2D eigenvalue weighted by Gasteiger charge is -2.04. The Morgan fingerprint density at radius 1 is 1.06 bits per heavy atom. The number of pyridine rings is 1. The summed E-state index contributed by atoms with van der Waals surface area (Å²) in [4.78, 5) is 16.1. The Hall–Kier alpha value is -2.56. The molecule has 0 aliphatic heterocycles. The van der Waals surface area contributed by atoms with Gasteiger partial charge in [-0.1, -0.05) is 17.3 Å². The number of benzene rings is 1. The van der Waals surface area contributed by atoms with Gasteiger partial charge < -0.3 is 0 Å². The molecule has 0 bridgehead atoms. The van der Waals surface area contributed by atoms with Gasteiger partial charge in [0, 0.05) is 12.4 Å². The molecule has 2 aromatic heterocycles. The number of fused-ring (bicyclic) bond motifs is 1. The lowest BCUT2D eigenvalue weighted by Crippen LogP contribution is -2.24. The molecule has 0 fully saturated rings. The predicted octanol–water partition coefficient (Wildman–Crippen LogP) is 1.23. The average molecular weight is 238 g/mol. The highest BCUT2D eigenvalue weighted by Crippen LogP contribution is 2.04. The van der Waals surface area contributed by atoms with Crippen LogP contribution in [0.1, 0.15) is 5.56 Å². The van der Waals surface area contributed by atoms with Gasteiger partial charge in [-0.05, 0) is 29.8 Å². The van der Waals surface area contributed by atoms with Gasteiger partial charge in [0.05, 0.1) is 11.9 Å². The standard InChI is InChI=1S/C13H10N4O/c18-13-11-3-1-2-4-12(11)15-16-17(13)9-10-5-7-14-8-6-10/h1-8H,9H2. The van der Waals surface area contributed by atoms with Gasteiger partial charge in [0.25, 0.3) is 5.56 Å². The number of hydrogen-bond donors (Lipinski definition) is 0. The molecular formula is C13H10N4O. The second kappa shape index (κ2) is 4.37. The van der Waals surface area contributed by atoms with Crippen LogP contribution in [0.5, 0.6) is 0 Å². The van der Waals surface area contributed by atoms with E-state index >= 15 is 0 Å². The predicted molar refractivity (Wildman–Crippen MR) is 67.1 cm³/mol. The SMILES string of the molecule is O=c1c2ccccc2nnn1Cc1ccncc1. The van der Waals surface area contributed by atoms with Crippen LogP contribution in [0.2, 0.25) is 0 Å². The summed E-state index contributed by atoms with van der Waals surface area (Å²) in [5.41, 5.74) is 1.46. The molecule has 0 aliphatic rings. The molecule has 0 aliphatic carbocycles. The molecule has 1 aromatic carbocycles. The Bertz CT molecular complexity index is 737. The van der Waals surface area contributed by atoms with Crippen molar-refractivity contribution < 1.29 is 0 Å². The second-order valence-electron chi connectivity index (χ2n) is 3.92. The van der Waals surface area contributed by atoms with Crippen molar-refractivity contribution in [2.75, 3.05) is 0 Å². The molecular weight excluding hydrogens is 228 g/mol. The maximum Gasteiger partial charge on any atom is 0.277 e. The highest BCUT2D eigenvalue weighted by atomic mass is 16.1. The van der Waals surface area contributed by atoms with Crippen LogP contribution in [-0.2, 0) is 6.54 Å². The minimum absolute atomic E-state index is 0.127. The van der Waals surface area contributed by atoms with Crippen molar-refractivity contribution >= 4 is 10.9 Å². The molecule has 3 aromatic rings. The maximum atomic E-state index is 12.2. The molecule has 0 amide bonds. The minimum atomic E-state index is -0.127. The van der Waals surface area contributed by atoms with E-state index in [1.165, 1.54) is 4.68 Å². The quantitative estimate of drug-likeness (QED) is 0.673. The van der Waals surface area contributed by atoms with Gasteiger partial charge in [0.2, 0.25) is 0 Å². The first kappa shape index (κ1) is 10.6. The molecule has 0 saturated heterocycles. The minimum Gasteiger partial charge on any atom is -0.267 e. The summed E-state index contributed by atoms with van der Waals surface area (Å²) in [6, 6.07) is 10.9. The first-order valence-electron chi connectivity index (χ1n) is 5.56. The van der Waals surface area contributed by atoms with Crippen LogP contribution in [0.3, 0.4) is 0 Å². The van der Waals surface area contributed by atoms with E-state index in [9.17, 15) is 4.79 Å². The van der Waals surface area contributed by atoms with Gasteiger partial charge in [-0.25, -0.2) is 4.68 Å². The largest absolute Gasteiger partial charge is 0.277 e. The van der Waals surface area contributed by atoms with Gasteiger partial charge in [0.1, 0.15) is 5.52 Å². The lowest BCUT2D eigenvalue weighted by molar-refractivity contribution is 0.600. The zero-order valence-corrected chi connectivity index (χ0v) is 9.52. The zero-order chi connectivity index (χ0) is 12.4. The van der Waals surface area contributed by atoms with E-state index < -0.39 is 0 Å². The van der Waals surface area contributed by atoms with Crippen LogP contribution in [0.15, 0.2) is 53.6 Å². The van der Waals surface area contributed by atoms with E-state index in [1.807, 2.05) is 24.3 Å². The van der Waals surface area contributed by atoms with Crippen molar-refractivity contribution in [1.82, 2.24) is 20.0 Å². The summed E-state index contributed by atoms with van der Waals surface area (Å²) in [6.07, 6.45) is 3.38. The van der Waals surface area contributed by atoms with Gasteiger partial charge >= 0.3 is 0 Å². The Morgan fingerprint density at radius 3 is 2.67 bits per heavy atom. The summed E-state index contributed by atoms with van der Waals surface area (Å²) in [7, 11) is 0. The van der Waals surface area contributed by atoms with Crippen molar-refractivity contribution in [3.05, 3.63) is 64.7 Å². The van der Waals surface area contributed by atoms with Crippen LogP contribution in [-0.4, -0.2) is 20.0 Å². The molecule has 18 heavy (non-hydrogen) atoms. The number of nitrogens with zero attached hydrogens (tertiary/aromatic N) is 4. The summed E-state index contributed by atoms with van der Waals surface area (Å²) in [5, 5.41) is 8.56. The van der Waals surface area contributed by atoms with Gasteiger partial charge in [-0.15, -0.1) is 5.10 Å². The van der Waals surface area contributed by atoms with E-state index in [4.69, 9.17) is 0 Å². The maximum absolute atomic E-state index is 12.2. The molecule has 0 spiro atoms. The number of aromatic nitrogens is 4. The monoisotopic (exact) mass is 238 g/mol. The molecule has 2 heterocycles. The van der Waals surface area contributed by atoms with E-state index in [0.29, 0.717) is 17.4 Å². The fourth-order valence-corrected chi connectivity index (χ4v) is 1.79. The first-order chi connectivity index (χ1) is 8.84. The lowest BCUT2D eigenvalue weighted by atomic mass is 10.2. The Balaban J connectivity index is 2.08. The first-order valence-corrected chi connectivity index (χ1v) is 5.56. The summed E-state index contributed by atoms with van der Waals surface area (Å²) >= 11 is 0. The zero-order valence-electron chi connectivity index (χ0n) is 9.52. The Labute approximate surface area is 103 Å². The highest BCUT2D eigenvalue weighted by Gasteiger charge is 2.04. The van der Waals surface area contributed by atoms with Crippen LogP contribution >= 0.6 is 0 Å². The highest BCUT2D eigenvalue weighted by molar-refractivity contribution is 5.76. The van der Waals surface area contributed by atoms with Crippen molar-refractivity contribution in [3.63, 3.8) is 0 Å². The third-order valence-electron chi connectivity index (χ3n) is 2.71. The summed E-state index contributed by atoms with van der Waals surface area (Å²) in [5.74, 6) is 0. The fourth-order valence-electron chi connectivity index (χ4n) is 1.79. The molecule has 5 heteroatoms. The van der Waals surface area contributed by atoms with Crippen molar-refractivity contribution in [3.8, 4) is 0 Å². The van der Waals surface area contributed by atoms with Crippen LogP contribution in [0.25, 0.3) is 10.9 Å². The molecule has 0 N–H and O–H groups in total. The van der Waals surface area contributed by atoms with E-state index in [1.54, 1.807) is 24.5 Å².